The van der Waals surface area contributed by atoms with Gasteiger partial charge in [0.25, 0.3) is 5.91 Å². The minimum atomic E-state index is -0.693. The Morgan fingerprint density at radius 2 is 2.14 bits per heavy atom. The van der Waals surface area contributed by atoms with Gasteiger partial charge in [0.05, 0.1) is 11.6 Å². The molecule has 0 aliphatic heterocycles. The highest BCUT2D eigenvalue weighted by Gasteiger charge is 2.25. The van der Waals surface area contributed by atoms with Crippen LogP contribution in [0.4, 0.5) is 0 Å². The number of ether oxygens (including phenoxy) is 1. The van der Waals surface area contributed by atoms with Crippen LogP contribution >= 0.6 is 27.7 Å². The molecule has 8 heteroatoms. The van der Waals surface area contributed by atoms with E-state index in [1.807, 2.05) is 20.1 Å². The van der Waals surface area contributed by atoms with Crippen molar-refractivity contribution >= 4 is 39.6 Å². The molecule has 0 saturated heterocycles. The molecule has 1 aromatic heterocycles. The van der Waals surface area contributed by atoms with E-state index in [0.717, 1.165) is 0 Å². The Kier molecular flexibility index (Phi) is 7.10. The Morgan fingerprint density at radius 1 is 1.48 bits per heavy atom. The van der Waals surface area contributed by atoms with E-state index >= 15 is 0 Å². The molecule has 0 saturated carbocycles. The number of nitrogens with zero attached hydrogens (tertiary/aromatic N) is 2. The second-order valence-corrected chi connectivity index (χ2v) is 6.36. The summed E-state index contributed by atoms with van der Waals surface area (Å²) in [6, 6.07) is -0.693. The highest BCUT2D eigenvalue weighted by atomic mass is 79.9. The number of carbonyl (C=O) groups is 2. The molecule has 116 valence electrons. The van der Waals surface area contributed by atoms with Gasteiger partial charge in [-0.2, -0.15) is 0 Å². The molecule has 0 fully saturated rings. The molecule has 0 aliphatic carbocycles. The summed E-state index contributed by atoms with van der Waals surface area (Å²) in [7, 11) is 1.30. The summed E-state index contributed by atoms with van der Waals surface area (Å²) >= 11 is 4.58. The lowest BCUT2D eigenvalue weighted by Gasteiger charge is -2.18. The Bertz CT molecular complexity index is 525. The number of carbonyl (C=O) groups excluding carboxylic acids is 2. The summed E-state index contributed by atoms with van der Waals surface area (Å²) in [6.45, 7) is 3.93. The van der Waals surface area contributed by atoms with Crippen LogP contribution in [0.1, 0.15) is 30.8 Å². The largest absolute Gasteiger partial charge is 0.467 e. The van der Waals surface area contributed by atoms with Crippen LogP contribution in [-0.4, -0.2) is 41.3 Å². The molecule has 1 aromatic rings. The maximum absolute atomic E-state index is 12.3. The number of thioether (sulfide) groups is 1. The fraction of sp³-hybridized carbons (Fsp3) is 0.538. The van der Waals surface area contributed by atoms with Gasteiger partial charge in [-0.25, -0.2) is 14.8 Å². The maximum atomic E-state index is 12.3. The van der Waals surface area contributed by atoms with Crippen molar-refractivity contribution in [3.8, 4) is 0 Å². The number of nitrogens with one attached hydrogen (secondary N) is 1. The Hall–Kier alpha value is -1.15. The van der Waals surface area contributed by atoms with E-state index in [-0.39, 0.29) is 11.6 Å². The van der Waals surface area contributed by atoms with Crippen LogP contribution in [0.5, 0.6) is 0 Å². The zero-order chi connectivity index (χ0) is 16.0. The van der Waals surface area contributed by atoms with Crippen LogP contribution in [0.25, 0.3) is 0 Å². The summed E-state index contributed by atoms with van der Waals surface area (Å²) in [4.78, 5) is 32.2. The minimum absolute atomic E-state index is 0.201. The number of aromatic nitrogens is 2. The summed E-state index contributed by atoms with van der Waals surface area (Å²) < 4.78 is 5.20. The van der Waals surface area contributed by atoms with Gasteiger partial charge in [-0.3, -0.25) is 4.79 Å². The average molecular weight is 376 g/mol. The summed E-state index contributed by atoms with van der Waals surface area (Å²) in [5.74, 6) is -0.659. The van der Waals surface area contributed by atoms with E-state index in [1.54, 1.807) is 0 Å². The topological polar surface area (TPSA) is 81.2 Å². The number of hydrogen-bond donors (Lipinski definition) is 1. The number of hydrogen-bond acceptors (Lipinski definition) is 6. The zero-order valence-corrected chi connectivity index (χ0v) is 14.7. The highest BCUT2D eigenvalue weighted by Crippen LogP contribution is 2.17. The van der Waals surface area contributed by atoms with Crippen molar-refractivity contribution < 1.29 is 14.3 Å². The molecule has 1 heterocycles. The van der Waals surface area contributed by atoms with E-state index < -0.39 is 17.9 Å². The molecule has 0 aliphatic rings. The minimum Gasteiger partial charge on any atom is -0.467 e. The first-order chi connectivity index (χ1) is 9.88. The highest BCUT2D eigenvalue weighted by molar-refractivity contribution is 9.10. The van der Waals surface area contributed by atoms with Crippen molar-refractivity contribution in [2.75, 3.05) is 13.4 Å². The van der Waals surface area contributed by atoms with Gasteiger partial charge >= 0.3 is 5.97 Å². The molecular weight excluding hydrogens is 358 g/mol. The zero-order valence-electron chi connectivity index (χ0n) is 12.3. The lowest BCUT2D eigenvalue weighted by atomic mass is 10.0. The predicted octanol–water partition coefficient (Wildman–Crippen LogP) is 2.28. The normalized spacial score (nSPS) is 12.1. The third-order valence-electron chi connectivity index (χ3n) is 2.62. The van der Waals surface area contributed by atoms with E-state index in [1.165, 1.54) is 25.1 Å². The Morgan fingerprint density at radius 3 is 2.67 bits per heavy atom. The van der Waals surface area contributed by atoms with Crippen LogP contribution in [0.2, 0.25) is 0 Å². The fourth-order valence-electron chi connectivity index (χ4n) is 1.66. The average Bonchev–Trinajstić information content (AvgIpc) is 2.45. The summed E-state index contributed by atoms with van der Waals surface area (Å²) in [5.41, 5.74) is 0.201. The van der Waals surface area contributed by atoms with E-state index in [9.17, 15) is 9.59 Å². The number of halogens is 1. The second kappa shape index (κ2) is 8.33. The standard InChI is InChI=1S/C13H18BrN3O3S/c1-7(2)5-9(12(19)20-3)16-11(18)10-8(14)6-15-13(17-10)21-4/h6-7,9H,5H2,1-4H3,(H,16,18). The van der Waals surface area contributed by atoms with Crippen LogP contribution in [-0.2, 0) is 9.53 Å². The molecule has 0 radical (unpaired) electrons. The molecular formula is C13H18BrN3O3S. The molecule has 21 heavy (non-hydrogen) atoms. The molecule has 0 spiro atoms. The molecule has 0 bridgehead atoms. The molecule has 1 N–H and O–H groups in total. The molecule has 0 aromatic carbocycles. The van der Waals surface area contributed by atoms with Gasteiger partial charge in [0.2, 0.25) is 0 Å². The van der Waals surface area contributed by atoms with Crippen molar-refractivity contribution in [3.05, 3.63) is 16.4 Å². The lowest BCUT2D eigenvalue weighted by molar-refractivity contribution is -0.143. The third-order valence-corrected chi connectivity index (χ3v) is 3.76. The smallest absolute Gasteiger partial charge is 0.328 e. The number of esters is 1. The first kappa shape index (κ1) is 17.9. The number of rotatable bonds is 6. The van der Waals surface area contributed by atoms with E-state index in [0.29, 0.717) is 16.0 Å². The van der Waals surface area contributed by atoms with Gasteiger partial charge in [0, 0.05) is 6.20 Å². The van der Waals surface area contributed by atoms with Crippen molar-refractivity contribution in [1.29, 1.82) is 0 Å². The van der Waals surface area contributed by atoms with Gasteiger partial charge in [0.15, 0.2) is 5.16 Å². The number of amides is 1. The van der Waals surface area contributed by atoms with Crippen molar-refractivity contribution in [2.45, 2.75) is 31.5 Å². The predicted molar refractivity (Wildman–Crippen MR) is 84.2 cm³/mol. The molecule has 1 unspecified atom stereocenters. The summed E-state index contributed by atoms with van der Waals surface area (Å²) in [5, 5.41) is 3.15. The molecule has 6 nitrogen and oxygen atoms in total. The first-order valence-electron chi connectivity index (χ1n) is 6.34. The quantitative estimate of drug-likeness (QED) is 0.466. The lowest BCUT2D eigenvalue weighted by Crippen LogP contribution is -2.42. The second-order valence-electron chi connectivity index (χ2n) is 4.73. The van der Waals surface area contributed by atoms with Gasteiger partial charge in [-0.1, -0.05) is 25.6 Å². The van der Waals surface area contributed by atoms with Crippen LogP contribution in [0.3, 0.4) is 0 Å². The summed E-state index contributed by atoms with van der Waals surface area (Å²) in [6.07, 6.45) is 3.83. The van der Waals surface area contributed by atoms with Gasteiger partial charge in [-0.05, 0) is 34.5 Å². The van der Waals surface area contributed by atoms with Crippen LogP contribution < -0.4 is 5.32 Å². The molecule has 1 amide bonds. The fourth-order valence-corrected chi connectivity index (χ4v) is 2.37. The van der Waals surface area contributed by atoms with Crippen molar-refractivity contribution in [1.82, 2.24) is 15.3 Å². The van der Waals surface area contributed by atoms with E-state index in [4.69, 9.17) is 4.74 Å². The van der Waals surface area contributed by atoms with Crippen LogP contribution in [0.15, 0.2) is 15.8 Å². The maximum Gasteiger partial charge on any atom is 0.328 e. The van der Waals surface area contributed by atoms with Crippen molar-refractivity contribution in [3.63, 3.8) is 0 Å². The van der Waals surface area contributed by atoms with Gasteiger partial charge in [-0.15, -0.1) is 0 Å². The SMILES string of the molecule is COC(=O)C(CC(C)C)NC(=O)c1nc(SC)ncc1Br. The van der Waals surface area contributed by atoms with E-state index in [2.05, 4.69) is 31.2 Å². The van der Waals surface area contributed by atoms with Crippen molar-refractivity contribution in [2.24, 2.45) is 5.92 Å². The molecule has 1 rings (SSSR count). The Balaban J connectivity index is 2.93. The molecule has 1 atom stereocenters. The third kappa shape index (κ3) is 5.28. The van der Waals surface area contributed by atoms with Gasteiger partial charge < -0.3 is 10.1 Å². The Labute approximate surface area is 136 Å². The number of methoxy groups -OCH3 is 1. The first-order valence-corrected chi connectivity index (χ1v) is 8.36. The van der Waals surface area contributed by atoms with Crippen LogP contribution in [0, 0.1) is 5.92 Å². The monoisotopic (exact) mass is 375 g/mol. The van der Waals surface area contributed by atoms with Gasteiger partial charge in [0.1, 0.15) is 11.7 Å².